The lowest BCUT2D eigenvalue weighted by molar-refractivity contribution is 0.0697. The number of aromatic carboxylic acids is 1. The number of amides is 1. The highest BCUT2D eigenvalue weighted by Gasteiger charge is 2.10. The lowest BCUT2D eigenvalue weighted by atomic mass is 10.1. The van der Waals surface area contributed by atoms with Gasteiger partial charge in [-0.15, -0.1) is 0 Å². The largest absolute Gasteiger partial charge is 0.496 e. The number of carboxylic acids is 1. The minimum atomic E-state index is -1.07. The molecule has 21 heavy (non-hydrogen) atoms. The number of carbonyl (C=O) groups is 2. The zero-order valence-electron chi connectivity index (χ0n) is 11.1. The Labute approximate surface area is 129 Å². The summed E-state index contributed by atoms with van der Waals surface area (Å²) in [5.74, 6) is -0.798. The van der Waals surface area contributed by atoms with Crippen molar-refractivity contribution < 1.29 is 19.4 Å². The van der Waals surface area contributed by atoms with Crippen LogP contribution in [0, 0.1) is 0 Å². The van der Waals surface area contributed by atoms with E-state index < -0.39 is 5.97 Å². The number of rotatable bonds is 4. The first-order chi connectivity index (χ1) is 10.0. The van der Waals surface area contributed by atoms with Crippen LogP contribution in [0.25, 0.3) is 0 Å². The van der Waals surface area contributed by atoms with Gasteiger partial charge in [-0.25, -0.2) is 4.79 Å². The van der Waals surface area contributed by atoms with Crippen LogP contribution in [0.2, 0.25) is 0 Å². The molecule has 0 aromatic heterocycles. The van der Waals surface area contributed by atoms with Gasteiger partial charge < -0.3 is 15.2 Å². The molecular weight excluding hydrogens is 338 g/mol. The van der Waals surface area contributed by atoms with Crippen LogP contribution >= 0.6 is 15.9 Å². The van der Waals surface area contributed by atoms with Gasteiger partial charge in [0.15, 0.2) is 0 Å². The topological polar surface area (TPSA) is 75.6 Å². The van der Waals surface area contributed by atoms with Crippen LogP contribution in [0.5, 0.6) is 5.75 Å². The van der Waals surface area contributed by atoms with Gasteiger partial charge in [0, 0.05) is 11.3 Å². The van der Waals surface area contributed by atoms with Crippen LogP contribution < -0.4 is 10.1 Å². The average Bonchev–Trinajstić information content (AvgIpc) is 2.47. The molecule has 0 saturated heterocycles. The van der Waals surface area contributed by atoms with Crippen molar-refractivity contribution in [2.75, 3.05) is 12.4 Å². The summed E-state index contributed by atoms with van der Waals surface area (Å²) in [6, 6.07) is 11.0. The predicted octanol–water partition coefficient (Wildman–Crippen LogP) is 3.41. The van der Waals surface area contributed by atoms with Crippen LogP contribution in [-0.4, -0.2) is 24.1 Å². The molecule has 2 rings (SSSR count). The molecule has 2 aromatic carbocycles. The maximum atomic E-state index is 12.1. The van der Waals surface area contributed by atoms with Gasteiger partial charge in [-0.05, 0) is 52.3 Å². The molecule has 108 valence electrons. The molecular formula is C15H12BrNO4. The number of benzene rings is 2. The summed E-state index contributed by atoms with van der Waals surface area (Å²) in [7, 11) is 1.55. The molecule has 0 aliphatic heterocycles. The summed E-state index contributed by atoms with van der Waals surface area (Å²) in [6.07, 6.45) is 0. The first-order valence-corrected chi connectivity index (χ1v) is 6.79. The van der Waals surface area contributed by atoms with Crippen molar-refractivity contribution in [3.8, 4) is 5.75 Å². The molecule has 1 amide bonds. The Hall–Kier alpha value is -2.34. The number of carboxylic acid groups (broad SMARTS) is 1. The van der Waals surface area contributed by atoms with Crippen LogP contribution in [0.4, 0.5) is 5.69 Å². The molecule has 0 fully saturated rings. The summed E-state index contributed by atoms with van der Waals surface area (Å²) in [4.78, 5) is 23.0. The summed E-state index contributed by atoms with van der Waals surface area (Å²) in [5.41, 5.74) is 0.925. The SMILES string of the molecule is COc1ccc(NC(=O)c2cccc(C(=O)O)c2)cc1Br. The van der Waals surface area contributed by atoms with Gasteiger partial charge in [0.05, 0.1) is 17.1 Å². The Balaban J connectivity index is 2.20. The van der Waals surface area contributed by atoms with E-state index in [2.05, 4.69) is 21.2 Å². The van der Waals surface area contributed by atoms with Gasteiger partial charge in [-0.1, -0.05) is 6.07 Å². The summed E-state index contributed by atoms with van der Waals surface area (Å²) in [6.45, 7) is 0. The monoisotopic (exact) mass is 349 g/mol. The molecule has 0 saturated carbocycles. The molecule has 5 nitrogen and oxygen atoms in total. The van der Waals surface area contributed by atoms with Crippen molar-refractivity contribution in [2.24, 2.45) is 0 Å². The van der Waals surface area contributed by atoms with Gasteiger partial charge >= 0.3 is 5.97 Å². The van der Waals surface area contributed by atoms with E-state index in [1.807, 2.05) is 0 Å². The number of halogens is 1. The number of nitrogens with one attached hydrogen (secondary N) is 1. The third kappa shape index (κ3) is 3.61. The van der Waals surface area contributed by atoms with Crippen molar-refractivity contribution in [3.05, 3.63) is 58.1 Å². The minimum absolute atomic E-state index is 0.0681. The fourth-order valence-electron chi connectivity index (χ4n) is 1.74. The molecule has 2 N–H and O–H groups in total. The smallest absolute Gasteiger partial charge is 0.335 e. The fraction of sp³-hybridized carbons (Fsp3) is 0.0667. The second-order valence-electron chi connectivity index (χ2n) is 4.19. The highest BCUT2D eigenvalue weighted by atomic mass is 79.9. The van der Waals surface area contributed by atoms with Crippen molar-refractivity contribution in [1.29, 1.82) is 0 Å². The molecule has 0 heterocycles. The van der Waals surface area contributed by atoms with Crippen molar-refractivity contribution in [1.82, 2.24) is 0 Å². The second kappa shape index (κ2) is 6.41. The molecule has 0 aliphatic rings. The lowest BCUT2D eigenvalue weighted by Gasteiger charge is -2.08. The molecule has 0 aliphatic carbocycles. The van der Waals surface area contributed by atoms with Crippen LogP contribution in [0.3, 0.4) is 0 Å². The van der Waals surface area contributed by atoms with Crippen molar-refractivity contribution in [2.45, 2.75) is 0 Å². The van der Waals surface area contributed by atoms with E-state index in [9.17, 15) is 9.59 Å². The molecule has 0 spiro atoms. The van der Waals surface area contributed by atoms with E-state index in [4.69, 9.17) is 9.84 Å². The van der Waals surface area contributed by atoms with Crippen molar-refractivity contribution >= 4 is 33.5 Å². The number of hydrogen-bond acceptors (Lipinski definition) is 3. The average molecular weight is 350 g/mol. The zero-order valence-corrected chi connectivity index (χ0v) is 12.7. The molecule has 0 radical (unpaired) electrons. The Morgan fingerprint density at radius 3 is 2.48 bits per heavy atom. The van der Waals surface area contributed by atoms with Crippen LogP contribution in [0.1, 0.15) is 20.7 Å². The van der Waals surface area contributed by atoms with E-state index in [1.165, 1.54) is 18.2 Å². The molecule has 6 heteroatoms. The Morgan fingerprint density at radius 2 is 1.86 bits per heavy atom. The Kier molecular flexibility index (Phi) is 4.59. The predicted molar refractivity (Wildman–Crippen MR) is 82.0 cm³/mol. The van der Waals surface area contributed by atoms with Gasteiger partial charge in [0.25, 0.3) is 5.91 Å². The summed E-state index contributed by atoms with van der Waals surface area (Å²) >= 11 is 3.33. The standard InChI is InChI=1S/C15H12BrNO4/c1-21-13-6-5-11(8-12(13)16)17-14(18)9-3-2-4-10(7-9)15(19)20/h2-8H,1H3,(H,17,18)(H,19,20). The van der Waals surface area contributed by atoms with Gasteiger partial charge in [-0.2, -0.15) is 0 Å². The Morgan fingerprint density at radius 1 is 1.14 bits per heavy atom. The number of methoxy groups -OCH3 is 1. The van der Waals surface area contributed by atoms with E-state index in [0.717, 1.165) is 0 Å². The van der Waals surface area contributed by atoms with Crippen LogP contribution in [-0.2, 0) is 0 Å². The second-order valence-corrected chi connectivity index (χ2v) is 5.04. The highest BCUT2D eigenvalue weighted by molar-refractivity contribution is 9.10. The maximum absolute atomic E-state index is 12.1. The van der Waals surface area contributed by atoms with Crippen LogP contribution in [0.15, 0.2) is 46.9 Å². The van der Waals surface area contributed by atoms with E-state index in [0.29, 0.717) is 15.9 Å². The quantitative estimate of drug-likeness (QED) is 0.886. The third-order valence-electron chi connectivity index (χ3n) is 2.78. The van der Waals surface area contributed by atoms with Gasteiger partial charge in [0.1, 0.15) is 5.75 Å². The normalized spacial score (nSPS) is 10.0. The highest BCUT2D eigenvalue weighted by Crippen LogP contribution is 2.27. The maximum Gasteiger partial charge on any atom is 0.335 e. The summed E-state index contributed by atoms with van der Waals surface area (Å²) < 4.78 is 5.82. The number of anilines is 1. The van der Waals surface area contributed by atoms with E-state index in [1.54, 1.807) is 31.4 Å². The minimum Gasteiger partial charge on any atom is -0.496 e. The zero-order chi connectivity index (χ0) is 15.4. The van der Waals surface area contributed by atoms with E-state index >= 15 is 0 Å². The first-order valence-electron chi connectivity index (χ1n) is 5.99. The fourth-order valence-corrected chi connectivity index (χ4v) is 2.28. The van der Waals surface area contributed by atoms with Gasteiger partial charge in [-0.3, -0.25) is 4.79 Å². The van der Waals surface area contributed by atoms with E-state index in [-0.39, 0.29) is 17.0 Å². The third-order valence-corrected chi connectivity index (χ3v) is 3.40. The van der Waals surface area contributed by atoms with Gasteiger partial charge in [0.2, 0.25) is 0 Å². The molecule has 0 bridgehead atoms. The molecule has 0 unspecified atom stereocenters. The number of ether oxygens (including phenoxy) is 1. The number of hydrogen-bond donors (Lipinski definition) is 2. The molecule has 2 aromatic rings. The Bertz CT molecular complexity index is 700. The summed E-state index contributed by atoms with van der Waals surface area (Å²) in [5, 5.41) is 11.6. The molecule has 0 atom stereocenters. The first kappa shape index (κ1) is 15.1. The lowest BCUT2D eigenvalue weighted by Crippen LogP contribution is -2.12. The van der Waals surface area contributed by atoms with Crippen molar-refractivity contribution in [3.63, 3.8) is 0 Å². The number of carbonyl (C=O) groups excluding carboxylic acids is 1.